The molecule has 0 radical (unpaired) electrons. The highest BCUT2D eigenvalue weighted by atomic mass is 32.1. The predicted molar refractivity (Wildman–Crippen MR) is 92.0 cm³/mol. The average molecular weight is 337 g/mol. The molecule has 4 rings (SSSR count). The second-order valence-corrected chi connectivity index (χ2v) is 6.78. The van der Waals surface area contributed by atoms with Crippen molar-refractivity contribution < 1.29 is 9.47 Å². The van der Waals surface area contributed by atoms with E-state index >= 15 is 0 Å². The van der Waals surface area contributed by atoms with Crippen molar-refractivity contribution in [1.82, 2.24) is 9.97 Å². The lowest BCUT2D eigenvalue weighted by Gasteiger charge is -2.11. The van der Waals surface area contributed by atoms with Crippen molar-refractivity contribution in [2.75, 3.05) is 7.11 Å². The Hall–Kier alpha value is -2.65. The van der Waals surface area contributed by atoms with Gasteiger partial charge in [-0.1, -0.05) is 0 Å². The van der Waals surface area contributed by atoms with Gasteiger partial charge in [-0.05, 0) is 43.9 Å². The maximum Gasteiger partial charge on any atom is 0.231 e. The SMILES string of the molecule is COc1cc(C#N)ccc1Oc1nc(C)nc2sc3c(c12)CCC3. The largest absolute Gasteiger partial charge is 0.493 e. The smallest absolute Gasteiger partial charge is 0.231 e. The van der Waals surface area contributed by atoms with Gasteiger partial charge in [0.15, 0.2) is 11.5 Å². The zero-order chi connectivity index (χ0) is 16.7. The summed E-state index contributed by atoms with van der Waals surface area (Å²) in [6.07, 6.45) is 3.32. The van der Waals surface area contributed by atoms with Gasteiger partial charge in [-0.3, -0.25) is 0 Å². The average Bonchev–Trinajstić information content (AvgIpc) is 3.15. The Morgan fingerprint density at radius 1 is 1.21 bits per heavy atom. The van der Waals surface area contributed by atoms with E-state index in [1.54, 1.807) is 36.6 Å². The van der Waals surface area contributed by atoms with Crippen LogP contribution >= 0.6 is 11.3 Å². The topological polar surface area (TPSA) is 68.0 Å². The van der Waals surface area contributed by atoms with Gasteiger partial charge in [-0.25, -0.2) is 4.98 Å². The van der Waals surface area contributed by atoms with Crippen molar-refractivity contribution in [1.29, 1.82) is 5.26 Å². The van der Waals surface area contributed by atoms with Crippen LogP contribution in [-0.4, -0.2) is 17.1 Å². The Bertz CT molecular complexity index is 988. The molecule has 120 valence electrons. The molecule has 3 aromatic rings. The van der Waals surface area contributed by atoms with E-state index in [0.717, 1.165) is 23.1 Å². The fourth-order valence-electron chi connectivity index (χ4n) is 3.06. The summed E-state index contributed by atoms with van der Waals surface area (Å²) in [4.78, 5) is 11.5. The number of aryl methyl sites for hydroxylation is 3. The molecule has 0 bridgehead atoms. The van der Waals surface area contributed by atoms with E-state index in [2.05, 4.69) is 16.0 Å². The highest BCUT2D eigenvalue weighted by Crippen LogP contribution is 2.42. The monoisotopic (exact) mass is 337 g/mol. The fraction of sp³-hybridized carbons (Fsp3) is 0.278. The van der Waals surface area contributed by atoms with Crippen LogP contribution in [0.4, 0.5) is 0 Å². The molecule has 5 nitrogen and oxygen atoms in total. The molecule has 0 unspecified atom stereocenters. The molecule has 2 aromatic heterocycles. The normalized spacial score (nSPS) is 12.9. The minimum Gasteiger partial charge on any atom is -0.493 e. The van der Waals surface area contributed by atoms with Crippen molar-refractivity contribution in [2.45, 2.75) is 26.2 Å². The molecule has 0 saturated carbocycles. The zero-order valence-corrected chi connectivity index (χ0v) is 14.2. The van der Waals surface area contributed by atoms with Crippen LogP contribution < -0.4 is 9.47 Å². The highest BCUT2D eigenvalue weighted by Gasteiger charge is 2.23. The summed E-state index contributed by atoms with van der Waals surface area (Å²) in [5.41, 5.74) is 1.84. The lowest BCUT2D eigenvalue weighted by Crippen LogP contribution is -1.97. The van der Waals surface area contributed by atoms with Crippen molar-refractivity contribution in [3.05, 3.63) is 40.0 Å². The number of hydrogen-bond acceptors (Lipinski definition) is 6. The molecule has 1 aliphatic carbocycles. The third-order valence-corrected chi connectivity index (χ3v) is 5.33. The molecule has 1 aromatic carbocycles. The van der Waals surface area contributed by atoms with Crippen LogP contribution in [-0.2, 0) is 12.8 Å². The number of nitriles is 1. The van der Waals surface area contributed by atoms with Gasteiger partial charge in [-0.15, -0.1) is 11.3 Å². The molecule has 0 fully saturated rings. The van der Waals surface area contributed by atoms with Gasteiger partial charge < -0.3 is 9.47 Å². The Labute approximate surface area is 143 Å². The van der Waals surface area contributed by atoms with E-state index in [4.69, 9.17) is 14.7 Å². The number of rotatable bonds is 3. The van der Waals surface area contributed by atoms with Crippen LogP contribution in [0.25, 0.3) is 10.2 Å². The molecule has 6 heteroatoms. The quantitative estimate of drug-likeness (QED) is 0.718. The number of thiophene rings is 1. The summed E-state index contributed by atoms with van der Waals surface area (Å²) in [6.45, 7) is 1.87. The lowest BCUT2D eigenvalue weighted by molar-refractivity contribution is 0.375. The first-order chi connectivity index (χ1) is 11.7. The number of hydrogen-bond donors (Lipinski definition) is 0. The van der Waals surface area contributed by atoms with Crippen LogP contribution in [0.3, 0.4) is 0 Å². The summed E-state index contributed by atoms with van der Waals surface area (Å²) in [5, 5.41) is 10.0. The molecule has 1 aliphatic rings. The molecule has 0 N–H and O–H groups in total. The van der Waals surface area contributed by atoms with Gasteiger partial charge in [0, 0.05) is 10.9 Å². The van der Waals surface area contributed by atoms with Gasteiger partial charge in [0.1, 0.15) is 10.7 Å². The first-order valence-corrected chi connectivity index (χ1v) is 8.56. The first kappa shape index (κ1) is 14.9. The number of benzene rings is 1. The third kappa shape index (κ3) is 2.38. The maximum absolute atomic E-state index is 9.03. The van der Waals surface area contributed by atoms with Crippen molar-refractivity contribution >= 4 is 21.6 Å². The zero-order valence-electron chi connectivity index (χ0n) is 13.4. The number of methoxy groups -OCH3 is 1. The standard InChI is InChI=1S/C18H15N3O2S/c1-10-20-17(16-12-4-3-5-15(12)24-18(16)21-10)23-13-7-6-11(9-19)8-14(13)22-2/h6-8H,3-5H2,1-2H3. The number of ether oxygens (including phenoxy) is 2. The second-order valence-electron chi connectivity index (χ2n) is 5.69. The Kier molecular flexibility index (Phi) is 3.58. The predicted octanol–water partition coefficient (Wildman–Crippen LogP) is 4.16. The van der Waals surface area contributed by atoms with Gasteiger partial charge in [0.05, 0.1) is 24.1 Å². The van der Waals surface area contributed by atoms with Crippen LogP contribution in [0.15, 0.2) is 18.2 Å². The molecule has 2 heterocycles. The van der Waals surface area contributed by atoms with Gasteiger partial charge >= 0.3 is 0 Å². The van der Waals surface area contributed by atoms with Gasteiger partial charge in [0.2, 0.25) is 5.88 Å². The van der Waals surface area contributed by atoms with Crippen molar-refractivity contribution in [2.24, 2.45) is 0 Å². The number of fused-ring (bicyclic) bond motifs is 3. The van der Waals surface area contributed by atoms with E-state index in [-0.39, 0.29) is 0 Å². The Morgan fingerprint density at radius 2 is 2.08 bits per heavy atom. The fourth-order valence-corrected chi connectivity index (χ4v) is 4.36. The van der Waals surface area contributed by atoms with E-state index in [1.165, 1.54) is 16.9 Å². The number of aromatic nitrogens is 2. The van der Waals surface area contributed by atoms with Crippen molar-refractivity contribution in [3.8, 4) is 23.4 Å². The molecule has 0 aliphatic heterocycles. The summed E-state index contributed by atoms with van der Waals surface area (Å²) in [6, 6.07) is 7.22. The first-order valence-electron chi connectivity index (χ1n) is 7.74. The van der Waals surface area contributed by atoms with Crippen LogP contribution in [0.1, 0.15) is 28.2 Å². The Morgan fingerprint density at radius 3 is 2.88 bits per heavy atom. The second kappa shape index (κ2) is 5.77. The summed E-state index contributed by atoms with van der Waals surface area (Å²) < 4.78 is 11.5. The van der Waals surface area contributed by atoms with Gasteiger partial charge in [0.25, 0.3) is 0 Å². The van der Waals surface area contributed by atoms with E-state index in [1.807, 2.05) is 6.92 Å². The lowest BCUT2D eigenvalue weighted by atomic mass is 10.2. The molecule has 24 heavy (non-hydrogen) atoms. The molecule has 0 amide bonds. The summed E-state index contributed by atoms with van der Waals surface area (Å²) >= 11 is 1.74. The van der Waals surface area contributed by atoms with Crippen LogP contribution in [0, 0.1) is 18.3 Å². The van der Waals surface area contributed by atoms with E-state index < -0.39 is 0 Å². The third-order valence-electron chi connectivity index (χ3n) is 4.14. The summed E-state index contributed by atoms with van der Waals surface area (Å²) in [5.74, 6) is 2.32. The minimum atomic E-state index is 0.519. The molecule has 0 spiro atoms. The Balaban J connectivity index is 1.84. The van der Waals surface area contributed by atoms with E-state index in [9.17, 15) is 0 Å². The molecular weight excluding hydrogens is 322 g/mol. The molecule has 0 saturated heterocycles. The van der Waals surface area contributed by atoms with Gasteiger partial charge in [-0.2, -0.15) is 10.2 Å². The molecule has 0 atom stereocenters. The van der Waals surface area contributed by atoms with Crippen LogP contribution in [0.2, 0.25) is 0 Å². The number of nitrogens with zero attached hydrogens (tertiary/aromatic N) is 3. The molecular formula is C18H15N3O2S. The maximum atomic E-state index is 9.03. The van der Waals surface area contributed by atoms with Crippen LogP contribution in [0.5, 0.6) is 17.4 Å². The minimum absolute atomic E-state index is 0.519. The summed E-state index contributed by atoms with van der Waals surface area (Å²) in [7, 11) is 1.56. The van der Waals surface area contributed by atoms with Crippen molar-refractivity contribution in [3.63, 3.8) is 0 Å². The van der Waals surface area contributed by atoms with E-state index in [0.29, 0.717) is 28.8 Å². The highest BCUT2D eigenvalue weighted by molar-refractivity contribution is 7.19.